The summed E-state index contributed by atoms with van der Waals surface area (Å²) in [7, 11) is 0. The number of fused-ring (bicyclic) bond motifs is 1. The van der Waals surface area contributed by atoms with E-state index in [1.54, 1.807) is 0 Å². The van der Waals surface area contributed by atoms with Crippen LogP contribution in [0.3, 0.4) is 0 Å². The lowest BCUT2D eigenvalue weighted by Gasteiger charge is -2.25. The van der Waals surface area contributed by atoms with E-state index in [0.717, 1.165) is 40.4 Å². The second-order valence-corrected chi connectivity index (χ2v) is 8.01. The van der Waals surface area contributed by atoms with Gasteiger partial charge in [-0.3, -0.25) is 4.79 Å². The largest absolute Gasteiger partial charge is 0.301 e. The zero-order chi connectivity index (χ0) is 14.9. The van der Waals surface area contributed by atoms with Crippen LogP contribution < -0.4 is 5.32 Å². The molecule has 0 atom stereocenters. The number of carbonyl (C=O) groups excluding carboxylic acids is 1. The van der Waals surface area contributed by atoms with Crippen LogP contribution in [0.2, 0.25) is 0 Å². The highest BCUT2D eigenvalue weighted by atomic mass is 79.9. The van der Waals surface area contributed by atoms with Crippen LogP contribution in [0.25, 0.3) is 10.2 Å². The Morgan fingerprint density at radius 2 is 2.00 bits per heavy atom. The first-order valence-corrected chi connectivity index (χ1v) is 9.05. The number of hydrogen-bond donors (Lipinski definition) is 1. The predicted molar refractivity (Wildman–Crippen MR) is 91.8 cm³/mol. The molecule has 0 unspecified atom stereocenters. The first kappa shape index (κ1) is 15.0. The second-order valence-electron chi connectivity index (χ2n) is 6.06. The summed E-state index contributed by atoms with van der Waals surface area (Å²) in [5.74, 6) is 0.127. The molecule has 1 N–H and O–H groups in total. The minimum atomic E-state index is -0.241. The molecule has 1 aliphatic rings. The topological polar surface area (TPSA) is 42.0 Å². The van der Waals surface area contributed by atoms with Gasteiger partial charge in [0.1, 0.15) is 0 Å². The number of nitrogens with zero attached hydrogens (tertiary/aromatic N) is 1. The minimum Gasteiger partial charge on any atom is -0.301 e. The van der Waals surface area contributed by atoms with Crippen LogP contribution >= 0.6 is 27.3 Å². The fourth-order valence-electron chi connectivity index (χ4n) is 2.94. The van der Waals surface area contributed by atoms with Gasteiger partial charge in [-0.2, -0.15) is 0 Å². The van der Waals surface area contributed by atoms with Gasteiger partial charge < -0.3 is 5.32 Å². The van der Waals surface area contributed by atoms with Crippen LogP contribution in [0.15, 0.2) is 22.7 Å². The van der Waals surface area contributed by atoms with E-state index in [1.807, 2.05) is 18.2 Å². The van der Waals surface area contributed by atoms with Gasteiger partial charge in [0.25, 0.3) is 0 Å². The van der Waals surface area contributed by atoms with Crippen molar-refractivity contribution < 1.29 is 4.79 Å². The Labute approximate surface area is 137 Å². The van der Waals surface area contributed by atoms with E-state index in [2.05, 4.69) is 33.2 Å². The lowest BCUT2D eigenvalue weighted by Crippen LogP contribution is -2.33. The number of anilines is 1. The summed E-state index contributed by atoms with van der Waals surface area (Å²) in [6.45, 7) is 2.09. The van der Waals surface area contributed by atoms with E-state index < -0.39 is 0 Å². The SMILES string of the molecule is CC1(C(=O)Nc2nc3cc(Br)ccc3s2)CCCCCC1. The summed E-state index contributed by atoms with van der Waals surface area (Å²) >= 11 is 4.99. The van der Waals surface area contributed by atoms with Crippen molar-refractivity contribution in [2.45, 2.75) is 45.4 Å². The van der Waals surface area contributed by atoms with Gasteiger partial charge in [-0.05, 0) is 31.0 Å². The molecular formula is C16H19BrN2OS. The summed E-state index contributed by atoms with van der Waals surface area (Å²) in [6, 6.07) is 6.01. The maximum atomic E-state index is 12.6. The zero-order valence-corrected chi connectivity index (χ0v) is 14.5. The van der Waals surface area contributed by atoms with Gasteiger partial charge in [-0.25, -0.2) is 4.98 Å². The molecule has 0 bridgehead atoms. The average Bonchev–Trinajstić information content (AvgIpc) is 2.69. The quantitative estimate of drug-likeness (QED) is 0.727. The smallest absolute Gasteiger partial charge is 0.232 e. The predicted octanol–water partition coefficient (Wildman–Crippen LogP) is 5.36. The van der Waals surface area contributed by atoms with Crippen LogP contribution in [-0.4, -0.2) is 10.9 Å². The molecule has 1 aromatic carbocycles. The molecule has 1 heterocycles. The van der Waals surface area contributed by atoms with Crippen LogP contribution in [0.1, 0.15) is 45.4 Å². The van der Waals surface area contributed by atoms with E-state index in [-0.39, 0.29) is 11.3 Å². The number of rotatable bonds is 2. The molecule has 0 spiro atoms. The number of amides is 1. The summed E-state index contributed by atoms with van der Waals surface area (Å²) in [5.41, 5.74) is 0.685. The van der Waals surface area contributed by atoms with Gasteiger partial charge in [0, 0.05) is 9.89 Å². The fraction of sp³-hybridized carbons (Fsp3) is 0.500. The monoisotopic (exact) mass is 366 g/mol. The molecule has 21 heavy (non-hydrogen) atoms. The number of carbonyl (C=O) groups is 1. The molecule has 2 aromatic rings. The summed E-state index contributed by atoms with van der Waals surface area (Å²) in [4.78, 5) is 17.2. The highest BCUT2D eigenvalue weighted by Crippen LogP contribution is 2.36. The van der Waals surface area contributed by atoms with E-state index in [4.69, 9.17) is 0 Å². The number of hydrogen-bond acceptors (Lipinski definition) is 3. The molecule has 0 saturated heterocycles. The third kappa shape index (κ3) is 3.29. The van der Waals surface area contributed by atoms with Crippen LogP contribution in [0, 0.1) is 5.41 Å². The lowest BCUT2D eigenvalue weighted by atomic mass is 9.82. The first-order valence-electron chi connectivity index (χ1n) is 7.44. The Bertz CT molecular complexity index is 659. The van der Waals surface area contributed by atoms with Gasteiger partial charge in [-0.1, -0.05) is 59.9 Å². The number of benzene rings is 1. The Balaban J connectivity index is 1.79. The summed E-state index contributed by atoms with van der Waals surface area (Å²) in [6.07, 6.45) is 6.76. The molecule has 5 heteroatoms. The molecule has 3 nitrogen and oxygen atoms in total. The molecule has 1 amide bonds. The van der Waals surface area contributed by atoms with Crippen molar-refractivity contribution in [1.82, 2.24) is 4.98 Å². The molecule has 1 aliphatic carbocycles. The summed E-state index contributed by atoms with van der Waals surface area (Å²) in [5, 5.41) is 3.75. The number of thiazole rings is 1. The van der Waals surface area contributed by atoms with Crippen molar-refractivity contribution in [3.63, 3.8) is 0 Å². The highest BCUT2D eigenvalue weighted by Gasteiger charge is 2.33. The average molecular weight is 367 g/mol. The van der Waals surface area contributed by atoms with E-state index in [1.165, 1.54) is 24.2 Å². The third-order valence-electron chi connectivity index (χ3n) is 4.33. The molecule has 3 rings (SSSR count). The Kier molecular flexibility index (Phi) is 4.31. The van der Waals surface area contributed by atoms with Crippen molar-refractivity contribution in [3.05, 3.63) is 22.7 Å². The normalized spacial score (nSPS) is 18.4. The molecular weight excluding hydrogens is 348 g/mol. The maximum Gasteiger partial charge on any atom is 0.232 e. The second kappa shape index (κ2) is 6.05. The van der Waals surface area contributed by atoms with E-state index in [9.17, 15) is 4.79 Å². The highest BCUT2D eigenvalue weighted by molar-refractivity contribution is 9.10. The standard InChI is InChI=1S/C16H19BrN2OS/c1-16(8-4-2-3-5-9-16)14(20)19-15-18-12-10-11(17)6-7-13(12)21-15/h6-7,10H,2-5,8-9H2,1H3,(H,18,19,20). The number of nitrogens with one attached hydrogen (secondary N) is 1. The van der Waals surface area contributed by atoms with Gasteiger partial charge in [0.15, 0.2) is 5.13 Å². The number of halogens is 1. The third-order valence-corrected chi connectivity index (χ3v) is 5.77. The van der Waals surface area contributed by atoms with Crippen molar-refractivity contribution in [2.75, 3.05) is 5.32 Å². The van der Waals surface area contributed by atoms with Crippen LogP contribution in [0.5, 0.6) is 0 Å². The molecule has 0 radical (unpaired) electrons. The number of aromatic nitrogens is 1. The molecule has 1 aromatic heterocycles. The Hall–Kier alpha value is -0.940. The fourth-order valence-corrected chi connectivity index (χ4v) is 4.13. The van der Waals surface area contributed by atoms with E-state index in [0.29, 0.717) is 5.13 Å². The Morgan fingerprint density at radius 3 is 2.71 bits per heavy atom. The molecule has 1 saturated carbocycles. The van der Waals surface area contributed by atoms with Crippen LogP contribution in [0.4, 0.5) is 5.13 Å². The Morgan fingerprint density at radius 1 is 1.29 bits per heavy atom. The van der Waals surface area contributed by atoms with Gasteiger partial charge in [0.2, 0.25) is 5.91 Å². The van der Waals surface area contributed by atoms with Crippen molar-refractivity contribution in [3.8, 4) is 0 Å². The van der Waals surface area contributed by atoms with Crippen molar-refractivity contribution in [2.24, 2.45) is 5.41 Å². The molecule has 1 fully saturated rings. The van der Waals surface area contributed by atoms with Gasteiger partial charge in [-0.15, -0.1) is 0 Å². The van der Waals surface area contributed by atoms with Crippen molar-refractivity contribution in [1.29, 1.82) is 0 Å². The van der Waals surface area contributed by atoms with Gasteiger partial charge >= 0.3 is 0 Å². The van der Waals surface area contributed by atoms with E-state index >= 15 is 0 Å². The van der Waals surface area contributed by atoms with Crippen molar-refractivity contribution >= 4 is 48.5 Å². The zero-order valence-electron chi connectivity index (χ0n) is 12.1. The first-order chi connectivity index (χ1) is 10.1. The minimum absolute atomic E-state index is 0.127. The van der Waals surface area contributed by atoms with Crippen LogP contribution in [-0.2, 0) is 4.79 Å². The molecule has 0 aliphatic heterocycles. The lowest BCUT2D eigenvalue weighted by molar-refractivity contribution is -0.125. The van der Waals surface area contributed by atoms with Gasteiger partial charge in [0.05, 0.1) is 10.2 Å². The maximum absolute atomic E-state index is 12.6. The molecule has 112 valence electrons. The summed E-state index contributed by atoms with van der Waals surface area (Å²) < 4.78 is 2.11.